The molecular formula is C12H13ClNO5S-. The molecule has 0 saturated carbocycles. The molecule has 1 aromatic carbocycles. The lowest BCUT2D eigenvalue weighted by molar-refractivity contribution is -0.255. The van der Waals surface area contributed by atoms with Crippen molar-refractivity contribution in [2.75, 3.05) is 13.2 Å². The van der Waals surface area contributed by atoms with Crippen LogP contribution in [0.4, 0.5) is 0 Å². The summed E-state index contributed by atoms with van der Waals surface area (Å²) in [5.74, 6) is -1.46. The van der Waals surface area contributed by atoms with Crippen molar-refractivity contribution in [1.29, 1.82) is 0 Å². The van der Waals surface area contributed by atoms with E-state index in [1.165, 1.54) is 12.1 Å². The smallest absolute Gasteiger partial charge is 0.242 e. The Kier molecular flexibility index (Phi) is 4.64. The number of benzene rings is 1. The van der Waals surface area contributed by atoms with Crippen LogP contribution in [-0.2, 0) is 14.8 Å². The summed E-state index contributed by atoms with van der Waals surface area (Å²) < 4.78 is 31.9. The molecule has 0 unspecified atom stereocenters. The Bertz CT molecular complexity index is 610. The minimum atomic E-state index is -3.89. The Morgan fingerprint density at radius 3 is 2.85 bits per heavy atom. The number of carbonyl (C=O) groups excluding carboxylic acids is 1. The summed E-state index contributed by atoms with van der Waals surface area (Å²) >= 11 is 5.82. The van der Waals surface area contributed by atoms with Crippen LogP contribution in [0.3, 0.4) is 0 Å². The van der Waals surface area contributed by atoms with E-state index in [1.807, 2.05) is 0 Å². The summed E-state index contributed by atoms with van der Waals surface area (Å²) in [6.45, 7) is 0.752. The number of sulfonamides is 1. The fraction of sp³-hybridized carbons (Fsp3) is 0.417. The second-order valence-electron chi connectivity index (χ2n) is 4.42. The molecule has 0 aromatic heterocycles. The van der Waals surface area contributed by atoms with Gasteiger partial charge >= 0.3 is 0 Å². The van der Waals surface area contributed by atoms with Gasteiger partial charge in [-0.15, -0.1) is 0 Å². The topological polar surface area (TPSA) is 95.5 Å². The van der Waals surface area contributed by atoms with E-state index in [4.69, 9.17) is 16.3 Å². The Morgan fingerprint density at radius 2 is 2.25 bits per heavy atom. The second kappa shape index (κ2) is 6.09. The van der Waals surface area contributed by atoms with Crippen LogP contribution in [-0.4, -0.2) is 33.6 Å². The third kappa shape index (κ3) is 3.49. The third-order valence-corrected chi connectivity index (χ3v) is 4.89. The third-order valence-electron chi connectivity index (χ3n) is 2.98. The number of hydrogen-bond donors (Lipinski definition) is 1. The molecule has 1 atom stereocenters. The van der Waals surface area contributed by atoms with Gasteiger partial charge in [-0.25, -0.2) is 13.1 Å². The lowest BCUT2D eigenvalue weighted by Gasteiger charge is -2.13. The van der Waals surface area contributed by atoms with Gasteiger partial charge in [0.1, 0.15) is 4.90 Å². The molecule has 6 nitrogen and oxygen atoms in total. The predicted molar refractivity (Wildman–Crippen MR) is 69.9 cm³/mol. The fourth-order valence-electron chi connectivity index (χ4n) is 1.92. The molecule has 20 heavy (non-hydrogen) atoms. The zero-order valence-electron chi connectivity index (χ0n) is 10.5. The van der Waals surface area contributed by atoms with Crippen molar-refractivity contribution in [1.82, 2.24) is 4.72 Å². The Morgan fingerprint density at radius 1 is 1.50 bits per heavy atom. The number of aromatic carboxylic acids is 1. The van der Waals surface area contributed by atoms with Gasteiger partial charge < -0.3 is 14.6 Å². The molecule has 1 N–H and O–H groups in total. The van der Waals surface area contributed by atoms with E-state index in [1.54, 1.807) is 0 Å². The van der Waals surface area contributed by atoms with Gasteiger partial charge in [0.05, 0.1) is 17.1 Å². The van der Waals surface area contributed by atoms with Crippen LogP contribution in [0, 0.1) is 0 Å². The van der Waals surface area contributed by atoms with E-state index >= 15 is 0 Å². The zero-order chi connectivity index (χ0) is 14.8. The minimum Gasteiger partial charge on any atom is -0.545 e. The highest BCUT2D eigenvalue weighted by Gasteiger charge is 2.22. The van der Waals surface area contributed by atoms with Crippen molar-refractivity contribution >= 4 is 27.6 Å². The SMILES string of the molecule is O=C([O-])c1ccc(Cl)c(S(=O)(=O)NC[C@H]2CCCO2)c1. The van der Waals surface area contributed by atoms with Crippen LogP contribution < -0.4 is 9.83 Å². The average molecular weight is 319 g/mol. The summed E-state index contributed by atoms with van der Waals surface area (Å²) in [7, 11) is -3.89. The average Bonchev–Trinajstić information content (AvgIpc) is 2.89. The lowest BCUT2D eigenvalue weighted by Crippen LogP contribution is -2.32. The van der Waals surface area contributed by atoms with Crippen LogP contribution in [0.15, 0.2) is 23.1 Å². The number of ether oxygens (including phenoxy) is 1. The Balaban J connectivity index is 2.19. The number of carbonyl (C=O) groups is 1. The summed E-state index contributed by atoms with van der Waals surface area (Å²) in [5, 5.41) is 10.7. The van der Waals surface area contributed by atoms with Crippen molar-refractivity contribution in [3.63, 3.8) is 0 Å². The Labute approximate surface area is 121 Å². The van der Waals surface area contributed by atoms with Crippen molar-refractivity contribution in [2.45, 2.75) is 23.8 Å². The van der Waals surface area contributed by atoms with Gasteiger partial charge in [-0.1, -0.05) is 17.7 Å². The molecule has 8 heteroatoms. The molecule has 1 aliphatic heterocycles. The normalized spacial score (nSPS) is 19.1. The maximum atomic E-state index is 12.1. The number of nitrogens with one attached hydrogen (secondary N) is 1. The van der Waals surface area contributed by atoms with Crippen molar-refractivity contribution < 1.29 is 23.1 Å². The van der Waals surface area contributed by atoms with Crippen molar-refractivity contribution in [2.24, 2.45) is 0 Å². The van der Waals surface area contributed by atoms with Gasteiger partial charge in [0, 0.05) is 13.2 Å². The maximum Gasteiger partial charge on any atom is 0.242 e. The number of hydrogen-bond acceptors (Lipinski definition) is 5. The molecular weight excluding hydrogens is 306 g/mol. The first-order valence-electron chi connectivity index (χ1n) is 6.02. The molecule has 1 fully saturated rings. The lowest BCUT2D eigenvalue weighted by atomic mass is 10.2. The number of halogens is 1. The van der Waals surface area contributed by atoms with E-state index < -0.39 is 16.0 Å². The van der Waals surface area contributed by atoms with E-state index in [-0.39, 0.29) is 28.1 Å². The highest BCUT2D eigenvalue weighted by atomic mass is 35.5. The van der Waals surface area contributed by atoms with Gasteiger partial charge in [0.15, 0.2) is 0 Å². The molecule has 1 heterocycles. The van der Waals surface area contributed by atoms with Crippen molar-refractivity contribution in [3.05, 3.63) is 28.8 Å². The van der Waals surface area contributed by atoms with Gasteiger partial charge in [-0.2, -0.15) is 0 Å². The highest BCUT2D eigenvalue weighted by Crippen LogP contribution is 2.22. The Hall–Kier alpha value is -1.15. The van der Waals surface area contributed by atoms with Gasteiger partial charge in [0.25, 0.3) is 0 Å². The predicted octanol–water partition coefficient (Wildman–Crippen LogP) is 0.161. The molecule has 110 valence electrons. The second-order valence-corrected chi connectivity index (χ2v) is 6.56. The molecule has 2 rings (SSSR count). The molecule has 0 aliphatic carbocycles. The standard InChI is InChI=1S/C12H14ClNO5S/c13-10-4-3-8(12(15)16)6-11(10)20(17,18)14-7-9-2-1-5-19-9/h3-4,6,9,14H,1-2,5,7H2,(H,15,16)/p-1/t9-/m1/s1. The van der Waals surface area contributed by atoms with E-state index in [0.29, 0.717) is 6.61 Å². The van der Waals surface area contributed by atoms with Crippen molar-refractivity contribution in [3.8, 4) is 0 Å². The summed E-state index contributed by atoms with van der Waals surface area (Å²) in [5.41, 5.74) is -0.244. The highest BCUT2D eigenvalue weighted by molar-refractivity contribution is 7.89. The molecule has 0 radical (unpaired) electrons. The molecule has 1 aliphatic rings. The first kappa shape index (κ1) is 15.2. The monoisotopic (exact) mass is 318 g/mol. The molecule has 0 spiro atoms. The minimum absolute atomic E-state index is 0.0464. The maximum absolute atomic E-state index is 12.1. The zero-order valence-corrected chi connectivity index (χ0v) is 12.0. The number of rotatable bonds is 5. The van der Waals surface area contributed by atoms with Crippen LogP contribution in [0.1, 0.15) is 23.2 Å². The number of carboxylic acid groups (broad SMARTS) is 1. The molecule has 0 amide bonds. The fourth-order valence-corrected chi connectivity index (χ4v) is 3.51. The van der Waals surface area contributed by atoms with Crippen LogP contribution in [0.25, 0.3) is 0 Å². The first-order chi connectivity index (χ1) is 9.40. The van der Waals surface area contributed by atoms with Crippen LogP contribution in [0.5, 0.6) is 0 Å². The van der Waals surface area contributed by atoms with E-state index in [0.717, 1.165) is 18.9 Å². The molecule has 1 saturated heterocycles. The van der Waals surface area contributed by atoms with E-state index in [2.05, 4.69) is 4.72 Å². The van der Waals surface area contributed by atoms with Gasteiger partial charge in [-0.05, 0) is 30.5 Å². The summed E-state index contributed by atoms with van der Waals surface area (Å²) in [6.07, 6.45) is 1.52. The van der Waals surface area contributed by atoms with E-state index in [9.17, 15) is 18.3 Å². The molecule has 0 bridgehead atoms. The van der Waals surface area contributed by atoms with Gasteiger partial charge in [0.2, 0.25) is 10.0 Å². The molecule has 1 aromatic rings. The van der Waals surface area contributed by atoms with Crippen LogP contribution in [0.2, 0.25) is 5.02 Å². The number of carboxylic acids is 1. The summed E-state index contributed by atoms with van der Waals surface area (Å²) in [4.78, 5) is 10.5. The quantitative estimate of drug-likeness (QED) is 0.834. The first-order valence-corrected chi connectivity index (χ1v) is 7.88. The summed E-state index contributed by atoms with van der Waals surface area (Å²) in [6, 6.07) is 3.39. The largest absolute Gasteiger partial charge is 0.545 e. The van der Waals surface area contributed by atoms with Crippen LogP contribution >= 0.6 is 11.6 Å². The van der Waals surface area contributed by atoms with Gasteiger partial charge in [-0.3, -0.25) is 0 Å².